The Balaban J connectivity index is 2.45. The summed E-state index contributed by atoms with van der Waals surface area (Å²) in [6, 6.07) is 3.47. The summed E-state index contributed by atoms with van der Waals surface area (Å²) in [5, 5.41) is 0.670. The van der Waals surface area contributed by atoms with E-state index in [1.807, 2.05) is 0 Å². The Morgan fingerprint density at radius 2 is 2.36 bits per heavy atom. The minimum atomic E-state index is 0.511. The number of rotatable bonds is 5. The van der Waals surface area contributed by atoms with Crippen LogP contribution in [0, 0.1) is 0 Å². The van der Waals surface area contributed by atoms with Gasteiger partial charge in [0.15, 0.2) is 0 Å². The molecule has 1 aromatic heterocycles. The predicted octanol–water partition coefficient (Wildman–Crippen LogP) is 2.20. The van der Waals surface area contributed by atoms with Gasteiger partial charge in [-0.15, -0.1) is 0 Å². The van der Waals surface area contributed by atoms with Crippen LogP contribution in [-0.4, -0.2) is 24.5 Å². The monoisotopic (exact) mass is 232 g/mol. The first-order chi connectivity index (χ1) is 6.74. The summed E-state index contributed by atoms with van der Waals surface area (Å²) in [5.74, 6) is 2.22. The largest absolute Gasteiger partial charge is 0.384 e. The van der Waals surface area contributed by atoms with Crippen LogP contribution in [-0.2, 0) is 10.5 Å². The molecular weight excluding hydrogens is 220 g/mol. The molecule has 0 fully saturated rings. The van der Waals surface area contributed by atoms with E-state index in [1.165, 1.54) is 0 Å². The molecule has 0 aliphatic carbocycles. The van der Waals surface area contributed by atoms with Gasteiger partial charge in [0.25, 0.3) is 0 Å². The van der Waals surface area contributed by atoms with Crippen LogP contribution in [0.1, 0.15) is 5.69 Å². The topological polar surface area (TPSA) is 48.1 Å². The van der Waals surface area contributed by atoms with Crippen LogP contribution in [0.25, 0.3) is 0 Å². The molecular formula is C9H13ClN2OS. The van der Waals surface area contributed by atoms with E-state index < -0.39 is 0 Å². The average Bonchev–Trinajstić information content (AvgIpc) is 2.18. The van der Waals surface area contributed by atoms with E-state index in [1.54, 1.807) is 31.0 Å². The van der Waals surface area contributed by atoms with Crippen molar-refractivity contribution in [3.63, 3.8) is 0 Å². The molecule has 0 radical (unpaired) electrons. The standard InChI is InChI=1S/C9H13ClN2OS/c1-13-4-5-14-6-8-7(10)2-3-9(11)12-8/h2-3H,4-6H2,1H3,(H2,11,12). The highest BCUT2D eigenvalue weighted by Gasteiger charge is 2.02. The van der Waals surface area contributed by atoms with Crippen LogP contribution in [0.4, 0.5) is 5.82 Å². The molecule has 0 bridgehead atoms. The Morgan fingerprint density at radius 1 is 1.57 bits per heavy atom. The van der Waals surface area contributed by atoms with Crippen molar-refractivity contribution in [2.24, 2.45) is 0 Å². The van der Waals surface area contributed by atoms with Crippen LogP contribution >= 0.6 is 23.4 Å². The number of aromatic nitrogens is 1. The van der Waals surface area contributed by atoms with Gasteiger partial charge in [0.2, 0.25) is 0 Å². The fourth-order valence-electron chi connectivity index (χ4n) is 0.914. The van der Waals surface area contributed by atoms with Gasteiger partial charge in [-0.25, -0.2) is 4.98 Å². The molecule has 5 heteroatoms. The minimum Gasteiger partial charge on any atom is -0.384 e. The molecule has 14 heavy (non-hydrogen) atoms. The van der Waals surface area contributed by atoms with E-state index in [4.69, 9.17) is 22.1 Å². The molecule has 0 aromatic carbocycles. The maximum atomic E-state index is 5.95. The molecule has 1 aromatic rings. The van der Waals surface area contributed by atoms with Gasteiger partial charge in [0, 0.05) is 18.6 Å². The lowest BCUT2D eigenvalue weighted by Gasteiger charge is -2.03. The molecule has 0 spiro atoms. The third kappa shape index (κ3) is 3.74. The zero-order valence-electron chi connectivity index (χ0n) is 8.00. The summed E-state index contributed by atoms with van der Waals surface area (Å²) in [6.07, 6.45) is 0. The number of anilines is 1. The molecule has 2 N–H and O–H groups in total. The highest BCUT2D eigenvalue weighted by Crippen LogP contribution is 2.20. The first-order valence-electron chi connectivity index (χ1n) is 4.21. The lowest BCUT2D eigenvalue weighted by Crippen LogP contribution is -1.97. The Bertz CT molecular complexity index is 296. The van der Waals surface area contributed by atoms with Crippen molar-refractivity contribution < 1.29 is 4.74 Å². The number of hydrogen-bond acceptors (Lipinski definition) is 4. The number of ether oxygens (including phenoxy) is 1. The van der Waals surface area contributed by atoms with Crippen LogP contribution < -0.4 is 5.73 Å². The number of pyridine rings is 1. The second-order valence-corrected chi connectivity index (χ2v) is 4.22. The lowest BCUT2D eigenvalue weighted by molar-refractivity contribution is 0.218. The fourth-order valence-corrected chi connectivity index (χ4v) is 2.01. The normalized spacial score (nSPS) is 10.4. The Kier molecular flexibility index (Phi) is 5.07. The number of hydrogen-bond donors (Lipinski definition) is 1. The van der Waals surface area contributed by atoms with Gasteiger partial charge >= 0.3 is 0 Å². The van der Waals surface area contributed by atoms with Gasteiger partial charge in [-0.05, 0) is 12.1 Å². The lowest BCUT2D eigenvalue weighted by atomic mass is 10.4. The SMILES string of the molecule is COCCSCc1nc(N)ccc1Cl. The van der Waals surface area contributed by atoms with Crippen LogP contribution in [0.2, 0.25) is 5.02 Å². The van der Waals surface area contributed by atoms with Gasteiger partial charge in [-0.3, -0.25) is 0 Å². The van der Waals surface area contributed by atoms with Crippen molar-refractivity contribution in [2.45, 2.75) is 5.75 Å². The van der Waals surface area contributed by atoms with E-state index in [0.29, 0.717) is 10.8 Å². The van der Waals surface area contributed by atoms with E-state index in [9.17, 15) is 0 Å². The van der Waals surface area contributed by atoms with Crippen molar-refractivity contribution in [3.8, 4) is 0 Å². The summed E-state index contributed by atoms with van der Waals surface area (Å²) >= 11 is 7.67. The summed E-state index contributed by atoms with van der Waals surface area (Å²) in [6.45, 7) is 0.741. The van der Waals surface area contributed by atoms with Crippen LogP contribution in [0.5, 0.6) is 0 Å². The summed E-state index contributed by atoms with van der Waals surface area (Å²) in [4.78, 5) is 4.15. The third-order valence-electron chi connectivity index (χ3n) is 1.61. The van der Waals surface area contributed by atoms with Crippen molar-refractivity contribution in [1.29, 1.82) is 0 Å². The predicted molar refractivity (Wildman–Crippen MR) is 61.7 cm³/mol. The Hall–Kier alpha value is -0.450. The molecule has 1 heterocycles. The van der Waals surface area contributed by atoms with Crippen LogP contribution in [0.3, 0.4) is 0 Å². The van der Waals surface area contributed by atoms with E-state index in [0.717, 1.165) is 23.8 Å². The number of halogens is 1. The van der Waals surface area contributed by atoms with Gasteiger partial charge in [-0.1, -0.05) is 11.6 Å². The van der Waals surface area contributed by atoms with Gasteiger partial charge in [0.05, 0.1) is 17.3 Å². The van der Waals surface area contributed by atoms with E-state index in [2.05, 4.69) is 4.98 Å². The molecule has 78 valence electrons. The second kappa shape index (κ2) is 6.11. The highest BCUT2D eigenvalue weighted by atomic mass is 35.5. The highest BCUT2D eigenvalue weighted by molar-refractivity contribution is 7.98. The molecule has 0 amide bonds. The van der Waals surface area contributed by atoms with E-state index in [-0.39, 0.29) is 0 Å². The number of methoxy groups -OCH3 is 1. The zero-order valence-corrected chi connectivity index (χ0v) is 9.57. The molecule has 0 aliphatic heterocycles. The first-order valence-corrected chi connectivity index (χ1v) is 5.75. The summed E-state index contributed by atoms with van der Waals surface area (Å²) in [7, 11) is 1.69. The molecule has 0 saturated carbocycles. The van der Waals surface area contributed by atoms with Crippen molar-refractivity contribution >= 4 is 29.2 Å². The van der Waals surface area contributed by atoms with E-state index >= 15 is 0 Å². The molecule has 0 aliphatic rings. The smallest absolute Gasteiger partial charge is 0.123 e. The molecule has 0 unspecified atom stereocenters. The average molecular weight is 233 g/mol. The minimum absolute atomic E-state index is 0.511. The van der Waals surface area contributed by atoms with Crippen LogP contribution in [0.15, 0.2) is 12.1 Å². The first kappa shape index (κ1) is 11.6. The van der Waals surface area contributed by atoms with Crippen molar-refractivity contribution in [3.05, 3.63) is 22.8 Å². The quantitative estimate of drug-likeness (QED) is 0.791. The maximum absolute atomic E-state index is 5.95. The Morgan fingerprint density at radius 3 is 3.07 bits per heavy atom. The molecule has 0 atom stereocenters. The molecule has 0 saturated heterocycles. The van der Waals surface area contributed by atoms with Crippen molar-refractivity contribution in [2.75, 3.05) is 25.2 Å². The fraction of sp³-hybridized carbons (Fsp3) is 0.444. The zero-order chi connectivity index (χ0) is 10.4. The maximum Gasteiger partial charge on any atom is 0.123 e. The number of nitrogen functional groups attached to an aromatic ring is 1. The molecule has 1 rings (SSSR count). The van der Waals surface area contributed by atoms with Gasteiger partial charge in [0.1, 0.15) is 5.82 Å². The summed E-state index contributed by atoms with van der Waals surface area (Å²) in [5.41, 5.74) is 6.39. The van der Waals surface area contributed by atoms with Crippen molar-refractivity contribution in [1.82, 2.24) is 4.98 Å². The third-order valence-corrected chi connectivity index (χ3v) is 2.89. The summed E-state index contributed by atoms with van der Waals surface area (Å²) < 4.78 is 4.93. The molecule has 3 nitrogen and oxygen atoms in total. The number of thioether (sulfide) groups is 1. The van der Waals surface area contributed by atoms with Gasteiger partial charge in [-0.2, -0.15) is 11.8 Å². The number of nitrogens with two attached hydrogens (primary N) is 1. The second-order valence-electron chi connectivity index (χ2n) is 2.71. The van der Waals surface area contributed by atoms with Gasteiger partial charge < -0.3 is 10.5 Å². The number of nitrogens with zero attached hydrogens (tertiary/aromatic N) is 1. The Labute approximate surface area is 93.0 Å².